The number of alkyl halides is 3. The fraction of sp³-hybridized carbons (Fsp3) is 0.118. The standard InChI is InChI=1S/C17H13F3N4OS2/c1-24(16(21)26)23-15(25)14-12(9-5-3-2-4-6-9)13-11(27-14)7-10(8-22-13)17(18,19)20/h2-8H,1H3,(H2,21,26)(H,23,25). The fourth-order valence-electron chi connectivity index (χ4n) is 2.42. The van der Waals surface area contributed by atoms with Crippen molar-refractivity contribution >= 4 is 44.8 Å². The summed E-state index contributed by atoms with van der Waals surface area (Å²) in [6.07, 6.45) is -3.75. The van der Waals surface area contributed by atoms with Gasteiger partial charge in [0.05, 0.1) is 15.8 Å². The molecular formula is C17H13F3N4OS2. The van der Waals surface area contributed by atoms with Crippen LogP contribution in [0.5, 0.6) is 0 Å². The van der Waals surface area contributed by atoms with Crippen molar-refractivity contribution in [2.75, 3.05) is 7.05 Å². The van der Waals surface area contributed by atoms with E-state index in [-0.39, 0.29) is 14.7 Å². The molecule has 2 aromatic heterocycles. The van der Waals surface area contributed by atoms with Gasteiger partial charge in [-0.15, -0.1) is 11.3 Å². The molecule has 0 spiro atoms. The average molecular weight is 410 g/mol. The quantitative estimate of drug-likeness (QED) is 0.497. The molecule has 0 aliphatic heterocycles. The van der Waals surface area contributed by atoms with Crippen LogP contribution in [0.15, 0.2) is 42.6 Å². The van der Waals surface area contributed by atoms with E-state index >= 15 is 0 Å². The Morgan fingerprint density at radius 1 is 1.30 bits per heavy atom. The van der Waals surface area contributed by atoms with Gasteiger partial charge in [-0.1, -0.05) is 30.3 Å². The number of hydrogen-bond donors (Lipinski definition) is 2. The Hall–Kier alpha value is -2.72. The van der Waals surface area contributed by atoms with Crippen LogP contribution in [0.1, 0.15) is 15.2 Å². The molecule has 0 fully saturated rings. The maximum atomic E-state index is 13.0. The average Bonchev–Trinajstić information content (AvgIpc) is 3.00. The Labute approximate surface area is 161 Å². The second-order valence-electron chi connectivity index (χ2n) is 5.58. The van der Waals surface area contributed by atoms with Gasteiger partial charge in [-0.3, -0.25) is 20.2 Å². The van der Waals surface area contributed by atoms with E-state index in [1.165, 1.54) is 7.05 Å². The lowest BCUT2D eigenvalue weighted by Crippen LogP contribution is -2.45. The molecule has 0 saturated heterocycles. The highest BCUT2D eigenvalue weighted by Gasteiger charge is 2.32. The van der Waals surface area contributed by atoms with Crippen LogP contribution in [-0.4, -0.2) is 28.1 Å². The summed E-state index contributed by atoms with van der Waals surface area (Å²) in [6.45, 7) is 0. The third-order valence-corrected chi connectivity index (χ3v) is 5.12. The molecule has 1 aromatic carbocycles. The normalized spacial score (nSPS) is 11.4. The zero-order chi connectivity index (χ0) is 19.8. The summed E-state index contributed by atoms with van der Waals surface area (Å²) in [5.74, 6) is -0.541. The number of carbonyl (C=O) groups excluding carboxylic acids is 1. The minimum atomic E-state index is -4.52. The number of hydrogen-bond acceptors (Lipinski definition) is 4. The minimum absolute atomic E-state index is 0.0526. The van der Waals surface area contributed by atoms with Crippen molar-refractivity contribution < 1.29 is 18.0 Å². The third-order valence-electron chi connectivity index (χ3n) is 3.72. The van der Waals surface area contributed by atoms with Crippen molar-refractivity contribution in [3.05, 3.63) is 53.0 Å². The van der Waals surface area contributed by atoms with Crippen LogP contribution in [0, 0.1) is 0 Å². The maximum Gasteiger partial charge on any atom is 0.417 e. The van der Waals surface area contributed by atoms with E-state index in [2.05, 4.69) is 10.4 Å². The first-order chi connectivity index (χ1) is 12.7. The van der Waals surface area contributed by atoms with E-state index in [1.807, 2.05) is 0 Å². The molecule has 0 radical (unpaired) electrons. The lowest BCUT2D eigenvalue weighted by molar-refractivity contribution is -0.137. The van der Waals surface area contributed by atoms with Crippen LogP contribution < -0.4 is 11.2 Å². The van der Waals surface area contributed by atoms with Crippen LogP contribution >= 0.6 is 23.6 Å². The van der Waals surface area contributed by atoms with Crippen molar-refractivity contribution in [2.45, 2.75) is 6.18 Å². The van der Waals surface area contributed by atoms with Gasteiger partial charge < -0.3 is 5.73 Å². The number of pyridine rings is 1. The molecular weight excluding hydrogens is 397 g/mol. The van der Waals surface area contributed by atoms with Gasteiger partial charge in [-0.2, -0.15) is 13.2 Å². The summed E-state index contributed by atoms with van der Waals surface area (Å²) >= 11 is 5.72. The molecule has 140 valence electrons. The van der Waals surface area contributed by atoms with Gasteiger partial charge in [0, 0.05) is 18.8 Å². The lowest BCUT2D eigenvalue weighted by atomic mass is 10.0. The molecule has 3 rings (SSSR count). The molecule has 0 aliphatic carbocycles. The summed E-state index contributed by atoms with van der Waals surface area (Å²) < 4.78 is 39.3. The van der Waals surface area contributed by atoms with Crippen molar-refractivity contribution in [2.24, 2.45) is 5.73 Å². The number of aromatic nitrogens is 1. The molecule has 27 heavy (non-hydrogen) atoms. The number of benzene rings is 1. The van der Waals surface area contributed by atoms with Crippen molar-refractivity contribution in [3.63, 3.8) is 0 Å². The van der Waals surface area contributed by atoms with Crippen LogP contribution in [0.2, 0.25) is 0 Å². The zero-order valence-electron chi connectivity index (χ0n) is 13.9. The number of carbonyl (C=O) groups is 1. The minimum Gasteiger partial charge on any atom is -0.375 e. The lowest BCUT2D eigenvalue weighted by Gasteiger charge is -2.17. The second kappa shape index (κ2) is 7.12. The highest BCUT2D eigenvalue weighted by atomic mass is 32.1. The molecule has 0 atom stereocenters. The maximum absolute atomic E-state index is 13.0. The first-order valence-electron chi connectivity index (χ1n) is 7.58. The van der Waals surface area contributed by atoms with Crippen LogP contribution in [0.25, 0.3) is 21.3 Å². The Kier molecular flexibility index (Phi) is 5.03. The summed E-state index contributed by atoms with van der Waals surface area (Å²) in [5, 5.41) is 1.11. The number of amides is 1. The molecule has 10 heteroatoms. The first-order valence-corrected chi connectivity index (χ1v) is 8.80. The predicted molar refractivity (Wildman–Crippen MR) is 102 cm³/mol. The summed E-state index contributed by atoms with van der Waals surface area (Å²) in [7, 11) is 1.47. The molecule has 0 aliphatic rings. The van der Waals surface area contributed by atoms with Gasteiger partial charge in [0.25, 0.3) is 5.91 Å². The second-order valence-corrected chi connectivity index (χ2v) is 7.05. The van der Waals surface area contributed by atoms with Gasteiger partial charge >= 0.3 is 6.18 Å². The number of nitrogens with zero attached hydrogens (tertiary/aromatic N) is 2. The van der Waals surface area contributed by atoms with Crippen molar-refractivity contribution in [3.8, 4) is 11.1 Å². The molecule has 3 N–H and O–H groups in total. The number of nitrogens with one attached hydrogen (secondary N) is 1. The molecule has 0 saturated carbocycles. The smallest absolute Gasteiger partial charge is 0.375 e. The molecule has 3 aromatic rings. The van der Waals surface area contributed by atoms with Crippen LogP contribution in [0.3, 0.4) is 0 Å². The molecule has 0 bridgehead atoms. The van der Waals surface area contributed by atoms with Gasteiger partial charge in [0.1, 0.15) is 4.88 Å². The molecule has 0 unspecified atom stereocenters. The van der Waals surface area contributed by atoms with Crippen LogP contribution in [0.4, 0.5) is 13.2 Å². The molecule has 2 heterocycles. The first kappa shape index (κ1) is 19.1. The van der Waals surface area contributed by atoms with Gasteiger partial charge in [0.15, 0.2) is 5.11 Å². The van der Waals surface area contributed by atoms with E-state index < -0.39 is 17.6 Å². The van der Waals surface area contributed by atoms with Crippen LogP contribution in [-0.2, 0) is 6.18 Å². The van der Waals surface area contributed by atoms with Gasteiger partial charge in [0.2, 0.25) is 0 Å². The SMILES string of the molecule is CN(NC(=O)c1sc2cc(C(F)(F)F)cnc2c1-c1ccccc1)C(N)=S. The third kappa shape index (κ3) is 3.86. The number of nitrogens with two attached hydrogens (primary N) is 1. The van der Waals surface area contributed by atoms with Gasteiger partial charge in [-0.25, -0.2) is 0 Å². The Morgan fingerprint density at radius 2 is 1.96 bits per heavy atom. The monoisotopic (exact) mass is 410 g/mol. The van der Waals surface area contributed by atoms with Gasteiger partial charge in [-0.05, 0) is 23.8 Å². The summed E-state index contributed by atoms with van der Waals surface area (Å²) in [6, 6.07) is 9.85. The Bertz CT molecular complexity index is 1020. The van der Waals surface area contributed by atoms with Crippen molar-refractivity contribution in [1.29, 1.82) is 0 Å². The highest BCUT2D eigenvalue weighted by molar-refractivity contribution is 7.80. The van der Waals surface area contributed by atoms with Crippen molar-refractivity contribution in [1.82, 2.24) is 15.4 Å². The Balaban J connectivity index is 2.18. The van der Waals surface area contributed by atoms with E-state index in [0.29, 0.717) is 16.6 Å². The van der Waals surface area contributed by atoms with E-state index in [1.54, 1.807) is 30.3 Å². The zero-order valence-corrected chi connectivity index (χ0v) is 15.5. The van der Waals surface area contributed by atoms with E-state index in [0.717, 1.165) is 28.6 Å². The Morgan fingerprint density at radius 3 is 2.56 bits per heavy atom. The number of hydrazine groups is 1. The summed E-state index contributed by atoms with van der Waals surface area (Å²) in [5.41, 5.74) is 8.54. The largest absolute Gasteiger partial charge is 0.417 e. The number of rotatable bonds is 2. The number of fused-ring (bicyclic) bond motifs is 1. The molecule has 5 nitrogen and oxygen atoms in total. The highest BCUT2D eigenvalue weighted by Crippen LogP contribution is 2.40. The number of thiocarbonyl (C=S) groups is 1. The predicted octanol–water partition coefficient (Wildman–Crippen LogP) is 3.80. The fourth-order valence-corrected chi connectivity index (χ4v) is 3.58. The number of halogens is 3. The van der Waals surface area contributed by atoms with E-state index in [9.17, 15) is 18.0 Å². The molecule has 1 amide bonds. The topological polar surface area (TPSA) is 71.2 Å². The number of thiophene rings is 1. The van der Waals surface area contributed by atoms with E-state index in [4.69, 9.17) is 18.0 Å². The summed E-state index contributed by atoms with van der Waals surface area (Å²) in [4.78, 5) is 16.9.